The van der Waals surface area contributed by atoms with Gasteiger partial charge in [0.25, 0.3) is 5.91 Å². The molecule has 5 heteroatoms. The SMILES string of the molecule is O=C(NC1CCSCC1)c1ccnc(Cl)c1. The topological polar surface area (TPSA) is 42.0 Å². The number of carbonyl (C=O) groups excluding carboxylic acids is 1. The van der Waals surface area contributed by atoms with Crippen molar-refractivity contribution in [3.8, 4) is 0 Å². The van der Waals surface area contributed by atoms with Gasteiger partial charge < -0.3 is 5.32 Å². The fourth-order valence-corrected chi connectivity index (χ4v) is 2.93. The van der Waals surface area contributed by atoms with Crippen LogP contribution < -0.4 is 5.32 Å². The van der Waals surface area contributed by atoms with E-state index in [1.807, 2.05) is 11.8 Å². The van der Waals surface area contributed by atoms with Gasteiger partial charge in [0.1, 0.15) is 5.15 Å². The van der Waals surface area contributed by atoms with E-state index in [-0.39, 0.29) is 5.91 Å². The first-order valence-electron chi connectivity index (χ1n) is 5.26. The van der Waals surface area contributed by atoms with E-state index in [0.29, 0.717) is 16.8 Å². The molecule has 86 valence electrons. The van der Waals surface area contributed by atoms with Crippen LogP contribution in [-0.2, 0) is 0 Å². The van der Waals surface area contributed by atoms with E-state index in [1.54, 1.807) is 18.3 Å². The standard InChI is InChI=1S/C11H13ClN2OS/c12-10-7-8(1-4-13-10)11(15)14-9-2-5-16-6-3-9/h1,4,7,9H,2-3,5-6H2,(H,14,15). The maximum Gasteiger partial charge on any atom is 0.251 e. The lowest BCUT2D eigenvalue weighted by Gasteiger charge is -2.22. The molecule has 0 aliphatic carbocycles. The zero-order chi connectivity index (χ0) is 11.4. The Morgan fingerprint density at radius 2 is 2.25 bits per heavy atom. The van der Waals surface area contributed by atoms with E-state index < -0.39 is 0 Å². The molecule has 0 bridgehead atoms. The van der Waals surface area contributed by atoms with Crippen LogP contribution in [0.4, 0.5) is 0 Å². The van der Waals surface area contributed by atoms with Crippen LogP contribution in [0.3, 0.4) is 0 Å². The van der Waals surface area contributed by atoms with Gasteiger partial charge >= 0.3 is 0 Å². The van der Waals surface area contributed by atoms with Crippen molar-refractivity contribution in [2.24, 2.45) is 0 Å². The first-order valence-corrected chi connectivity index (χ1v) is 6.79. The van der Waals surface area contributed by atoms with Gasteiger partial charge in [0.05, 0.1) is 0 Å². The van der Waals surface area contributed by atoms with E-state index in [0.717, 1.165) is 24.3 Å². The Morgan fingerprint density at radius 3 is 2.94 bits per heavy atom. The van der Waals surface area contributed by atoms with Crippen LogP contribution in [0, 0.1) is 0 Å². The molecular weight excluding hydrogens is 244 g/mol. The molecule has 0 aromatic carbocycles. The molecule has 0 radical (unpaired) electrons. The number of thioether (sulfide) groups is 1. The Kier molecular flexibility index (Phi) is 4.07. The van der Waals surface area contributed by atoms with Crippen LogP contribution in [0.15, 0.2) is 18.3 Å². The molecule has 1 fully saturated rings. The minimum Gasteiger partial charge on any atom is -0.349 e. The third-order valence-corrected chi connectivity index (χ3v) is 3.80. The molecule has 0 spiro atoms. The van der Waals surface area contributed by atoms with E-state index in [1.165, 1.54) is 0 Å². The number of rotatable bonds is 2. The highest BCUT2D eigenvalue weighted by Gasteiger charge is 2.16. The number of amides is 1. The van der Waals surface area contributed by atoms with E-state index in [2.05, 4.69) is 10.3 Å². The van der Waals surface area contributed by atoms with Gasteiger partial charge in [-0.1, -0.05) is 11.6 Å². The first-order chi connectivity index (χ1) is 7.75. The number of carbonyl (C=O) groups is 1. The Labute approximate surface area is 104 Å². The Hall–Kier alpha value is -0.740. The minimum atomic E-state index is -0.0544. The fourth-order valence-electron chi connectivity index (χ4n) is 1.65. The quantitative estimate of drug-likeness (QED) is 0.826. The number of hydrogen-bond acceptors (Lipinski definition) is 3. The number of halogens is 1. The Balaban J connectivity index is 1.97. The van der Waals surface area contributed by atoms with Crippen LogP contribution in [-0.4, -0.2) is 28.4 Å². The summed E-state index contributed by atoms with van der Waals surface area (Å²) >= 11 is 7.68. The fraction of sp³-hybridized carbons (Fsp3) is 0.455. The average molecular weight is 257 g/mol. The van der Waals surface area contributed by atoms with Crippen LogP contribution in [0.25, 0.3) is 0 Å². The van der Waals surface area contributed by atoms with Crippen LogP contribution in [0.2, 0.25) is 5.15 Å². The molecule has 1 N–H and O–H groups in total. The number of nitrogens with one attached hydrogen (secondary N) is 1. The van der Waals surface area contributed by atoms with Crippen molar-refractivity contribution >= 4 is 29.3 Å². The monoisotopic (exact) mass is 256 g/mol. The summed E-state index contributed by atoms with van der Waals surface area (Å²) in [6.45, 7) is 0. The summed E-state index contributed by atoms with van der Waals surface area (Å²) in [7, 11) is 0. The van der Waals surface area contributed by atoms with Crippen molar-refractivity contribution in [3.05, 3.63) is 29.0 Å². The van der Waals surface area contributed by atoms with Crippen molar-refractivity contribution < 1.29 is 4.79 Å². The normalized spacial score (nSPS) is 17.1. The van der Waals surface area contributed by atoms with Gasteiger partial charge in [0.15, 0.2) is 0 Å². The molecule has 2 heterocycles. The van der Waals surface area contributed by atoms with Gasteiger partial charge in [-0.25, -0.2) is 4.98 Å². The highest BCUT2D eigenvalue weighted by atomic mass is 35.5. The summed E-state index contributed by atoms with van der Waals surface area (Å²) < 4.78 is 0. The van der Waals surface area contributed by atoms with Crippen molar-refractivity contribution in [2.45, 2.75) is 18.9 Å². The van der Waals surface area contributed by atoms with E-state index in [9.17, 15) is 4.79 Å². The number of nitrogens with zero attached hydrogens (tertiary/aromatic N) is 1. The highest BCUT2D eigenvalue weighted by molar-refractivity contribution is 7.99. The minimum absolute atomic E-state index is 0.0544. The largest absolute Gasteiger partial charge is 0.349 e. The van der Waals surface area contributed by atoms with Gasteiger partial charge in [-0.15, -0.1) is 0 Å². The average Bonchev–Trinajstić information content (AvgIpc) is 2.30. The maximum absolute atomic E-state index is 11.9. The van der Waals surface area contributed by atoms with Crippen molar-refractivity contribution in [1.29, 1.82) is 0 Å². The second kappa shape index (κ2) is 5.55. The molecule has 0 atom stereocenters. The van der Waals surface area contributed by atoms with Crippen molar-refractivity contribution in [3.63, 3.8) is 0 Å². The molecular formula is C11H13ClN2OS. The lowest BCUT2D eigenvalue weighted by molar-refractivity contribution is 0.0934. The van der Waals surface area contributed by atoms with Gasteiger partial charge in [-0.05, 0) is 36.5 Å². The van der Waals surface area contributed by atoms with E-state index >= 15 is 0 Å². The smallest absolute Gasteiger partial charge is 0.251 e. The zero-order valence-electron chi connectivity index (χ0n) is 8.78. The van der Waals surface area contributed by atoms with Gasteiger partial charge in [-0.2, -0.15) is 11.8 Å². The molecule has 1 aromatic heterocycles. The second-order valence-electron chi connectivity index (χ2n) is 3.73. The molecule has 0 saturated carbocycles. The van der Waals surface area contributed by atoms with E-state index in [4.69, 9.17) is 11.6 Å². The summed E-state index contributed by atoms with van der Waals surface area (Å²) in [4.78, 5) is 15.7. The third-order valence-electron chi connectivity index (χ3n) is 2.55. The maximum atomic E-state index is 11.9. The summed E-state index contributed by atoms with van der Waals surface area (Å²) in [5, 5.41) is 3.38. The molecule has 0 unspecified atom stereocenters. The summed E-state index contributed by atoms with van der Waals surface area (Å²) in [5.74, 6) is 2.20. The number of aromatic nitrogens is 1. The van der Waals surface area contributed by atoms with Gasteiger partial charge in [0, 0.05) is 17.8 Å². The van der Waals surface area contributed by atoms with Gasteiger partial charge in [0.2, 0.25) is 0 Å². The molecule has 1 saturated heterocycles. The Morgan fingerprint density at radius 1 is 1.50 bits per heavy atom. The summed E-state index contributed by atoms with van der Waals surface area (Å²) in [6, 6.07) is 3.58. The number of pyridine rings is 1. The highest BCUT2D eigenvalue weighted by Crippen LogP contribution is 2.17. The predicted molar refractivity (Wildman–Crippen MR) is 67.1 cm³/mol. The van der Waals surface area contributed by atoms with Crippen molar-refractivity contribution in [2.75, 3.05) is 11.5 Å². The molecule has 2 rings (SSSR count). The number of hydrogen-bond donors (Lipinski definition) is 1. The second-order valence-corrected chi connectivity index (χ2v) is 5.34. The summed E-state index contributed by atoms with van der Waals surface area (Å²) in [5.41, 5.74) is 0.582. The van der Waals surface area contributed by atoms with Crippen molar-refractivity contribution in [1.82, 2.24) is 10.3 Å². The first kappa shape index (κ1) is 11.7. The Bertz CT molecular complexity index is 380. The lowest BCUT2D eigenvalue weighted by atomic mass is 10.1. The zero-order valence-corrected chi connectivity index (χ0v) is 10.4. The molecule has 1 aromatic rings. The molecule has 1 aliphatic heterocycles. The van der Waals surface area contributed by atoms with Crippen LogP contribution in [0.5, 0.6) is 0 Å². The van der Waals surface area contributed by atoms with Crippen LogP contribution >= 0.6 is 23.4 Å². The molecule has 3 nitrogen and oxygen atoms in total. The van der Waals surface area contributed by atoms with Gasteiger partial charge in [-0.3, -0.25) is 4.79 Å². The third kappa shape index (κ3) is 3.12. The van der Waals surface area contributed by atoms with Crippen LogP contribution in [0.1, 0.15) is 23.2 Å². The summed E-state index contributed by atoms with van der Waals surface area (Å²) in [6.07, 6.45) is 3.65. The molecule has 1 amide bonds. The molecule has 1 aliphatic rings. The lowest BCUT2D eigenvalue weighted by Crippen LogP contribution is -2.37. The molecule has 16 heavy (non-hydrogen) atoms. The predicted octanol–water partition coefficient (Wildman–Crippen LogP) is 2.36.